The molecule has 2 atom stereocenters. The van der Waals surface area contributed by atoms with Crippen LogP contribution in [0.2, 0.25) is 0 Å². The van der Waals surface area contributed by atoms with Crippen LogP contribution in [0.15, 0.2) is 27.8 Å². The fourth-order valence-electron chi connectivity index (χ4n) is 3.94. The maximum Gasteiger partial charge on any atom is 0.314 e. The van der Waals surface area contributed by atoms with E-state index in [0.717, 1.165) is 12.8 Å². The largest absolute Gasteiger partial charge is 0.412 e. The van der Waals surface area contributed by atoms with Crippen LogP contribution in [0.3, 0.4) is 0 Å². The van der Waals surface area contributed by atoms with Crippen LogP contribution in [0.5, 0.6) is 0 Å². The number of hydrogen-bond acceptors (Lipinski definition) is 9. The molecule has 0 spiro atoms. The topological polar surface area (TPSA) is 135 Å². The first kappa shape index (κ1) is 23.1. The van der Waals surface area contributed by atoms with Gasteiger partial charge in [0.2, 0.25) is 15.8 Å². The molecule has 1 aliphatic heterocycles. The second-order valence-corrected chi connectivity index (χ2v) is 10.6. The van der Waals surface area contributed by atoms with Crippen molar-refractivity contribution in [1.29, 1.82) is 0 Å². The Labute approximate surface area is 193 Å². The Kier molecular flexibility index (Phi) is 5.58. The molecule has 0 unspecified atom stereocenters. The molecule has 0 radical (unpaired) electrons. The Morgan fingerprint density at radius 2 is 2.12 bits per heavy atom. The van der Waals surface area contributed by atoms with Gasteiger partial charge >= 0.3 is 6.43 Å². The second kappa shape index (κ2) is 8.22. The lowest BCUT2D eigenvalue weighted by Gasteiger charge is -2.39. The summed E-state index contributed by atoms with van der Waals surface area (Å²) in [6.45, 7) is 4.19. The fourth-order valence-corrected chi connectivity index (χ4v) is 5.42. The number of sulfonamides is 1. The van der Waals surface area contributed by atoms with E-state index in [1.807, 2.05) is 18.7 Å². The number of alkyl halides is 2. The first-order chi connectivity index (χ1) is 16.1. The summed E-state index contributed by atoms with van der Waals surface area (Å²) in [4.78, 5) is 6.17. The van der Waals surface area contributed by atoms with Gasteiger partial charge in [-0.1, -0.05) is 0 Å². The van der Waals surface area contributed by atoms with Crippen molar-refractivity contribution in [3.8, 4) is 11.7 Å². The number of hydrogen-bond donors (Lipinski definition) is 2. The van der Waals surface area contributed by atoms with Crippen molar-refractivity contribution < 1.29 is 31.5 Å². The van der Waals surface area contributed by atoms with Crippen molar-refractivity contribution in [2.24, 2.45) is 0 Å². The van der Waals surface area contributed by atoms with E-state index >= 15 is 0 Å². The highest BCUT2D eigenvalue weighted by Gasteiger charge is 2.42. The number of morpholine rings is 1. The van der Waals surface area contributed by atoms with Crippen LogP contribution in [0.25, 0.3) is 17.2 Å². The zero-order chi connectivity index (χ0) is 24.3. The summed E-state index contributed by atoms with van der Waals surface area (Å²) in [6, 6.07) is 1.41. The molecule has 11 nitrogen and oxygen atoms in total. The minimum absolute atomic E-state index is 0.0322. The Morgan fingerprint density at radius 3 is 2.76 bits per heavy atom. The average Bonchev–Trinajstić information content (AvgIpc) is 3.19. The highest BCUT2D eigenvalue weighted by atomic mass is 32.2. The molecule has 2 fully saturated rings. The normalized spacial score (nSPS) is 22.6. The van der Waals surface area contributed by atoms with E-state index in [9.17, 15) is 22.3 Å². The van der Waals surface area contributed by atoms with Gasteiger partial charge in [-0.25, -0.2) is 18.1 Å². The Balaban J connectivity index is 1.67. The molecule has 1 saturated heterocycles. The van der Waals surface area contributed by atoms with Crippen molar-refractivity contribution in [1.82, 2.24) is 24.3 Å². The molecular weight excluding hydrogens is 474 g/mol. The summed E-state index contributed by atoms with van der Waals surface area (Å²) in [5.41, 5.74) is 0.540. The van der Waals surface area contributed by atoms with Gasteiger partial charge in [0.15, 0.2) is 0 Å². The number of ether oxygens (including phenoxy) is 1. The first-order valence-electron chi connectivity index (χ1n) is 10.8. The Hall–Kier alpha value is -2.68. The number of aliphatic hydroxyl groups is 1. The van der Waals surface area contributed by atoms with E-state index in [-0.39, 0.29) is 29.3 Å². The van der Waals surface area contributed by atoms with Gasteiger partial charge in [-0.3, -0.25) is 4.40 Å². The Bertz CT molecular complexity index is 1320. The lowest BCUT2D eigenvalue weighted by Crippen LogP contribution is -2.49. The Morgan fingerprint density at radius 1 is 1.35 bits per heavy atom. The van der Waals surface area contributed by atoms with E-state index < -0.39 is 34.0 Å². The zero-order valence-electron chi connectivity index (χ0n) is 18.5. The zero-order valence-corrected chi connectivity index (χ0v) is 19.3. The molecule has 184 valence electrons. The number of aromatic nitrogens is 4. The van der Waals surface area contributed by atoms with Crippen molar-refractivity contribution in [3.05, 3.63) is 24.4 Å². The molecule has 0 bridgehead atoms. The van der Waals surface area contributed by atoms with Gasteiger partial charge in [-0.15, -0.1) is 10.2 Å². The number of halogens is 2. The molecule has 2 N–H and O–H groups in total. The monoisotopic (exact) mass is 498 g/mol. The molecule has 4 heterocycles. The second-order valence-electron chi connectivity index (χ2n) is 8.95. The molecule has 14 heteroatoms. The number of rotatable bonds is 7. The van der Waals surface area contributed by atoms with Crippen LogP contribution in [-0.4, -0.2) is 70.5 Å². The van der Waals surface area contributed by atoms with Crippen molar-refractivity contribution in [2.75, 3.05) is 24.7 Å². The van der Waals surface area contributed by atoms with Crippen LogP contribution >= 0.6 is 0 Å². The van der Waals surface area contributed by atoms with Crippen LogP contribution in [0.1, 0.15) is 39.0 Å². The molecule has 5 rings (SSSR count). The van der Waals surface area contributed by atoms with Gasteiger partial charge in [0, 0.05) is 24.3 Å². The lowest BCUT2D eigenvalue weighted by atomic mass is 10.1. The van der Waals surface area contributed by atoms with E-state index in [1.165, 1.54) is 16.8 Å². The van der Waals surface area contributed by atoms with Crippen molar-refractivity contribution in [2.45, 2.75) is 55.7 Å². The predicted octanol–water partition coefficient (Wildman–Crippen LogP) is 1.74. The third-order valence-electron chi connectivity index (χ3n) is 6.12. The molecule has 2 aliphatic rings. The number of imidazole rings is 1. The summed E-state index contributed by atoms with van der Waals surface area (Å²) in [5.74, 6) is -1.09. The average molecular weight is 499 g/mol. The summed E-state index contributed by atoms with van der Waals surface area (Å²) in [6.07, 6.45) is 0.901. The van der Waals surface area contributed by atoms with Gasteiger partial charge < -0.3 is 19.2 Å². The fraction of sp³-hybridized carbons (Fsp3) is 0.550. The lowest BCUT2D eigenvalue weighted by molar-refractivity contribution is -0.0102. The maximum absolute atomic E-state index is 13.3. The molecule has 1 saturated carbocycles. The summed E-state index contributed by atoms with van der Waals surface area (Å²) >= 11 is 0. The number of nitrogens with zero attached hydrogens (tertiary/aromatic N) is 5. The quantitative estimate of drug-likeness (QED) is 0.499. The van der Waals surface area contributed by atoms with Gasteiger partial charge in [0.25, 0.3) is 11.8 Å². The summed E-state index contributed by atoms with van der Waals surface area (Å²) in [5, 5.41) is 16.6. The predicted molar refractivity (Wildman–Crippen MR) is 115 cm³/mol. The van der Waals surface area contributed by atoms with Crippen LogP contribution in [-0.2, 0) is 14.8 Å². The maximum atomic E-state index is 13.3. The third-order valence-corrected chi connectivity index (χ3v) is 7.73. The van der Waals surface area contributed by atoms with Crippen LogP contribution in [0.4, 0.5) is 14.5 Å². The third kappa shape index (κ3) is 4.15. The van der Waals surface area contributed by atoms with Gasteiger partial charge in [-0.2, -0.15) is 8.78 Å². The SMILES string of the molecule is C[C@H]1CO[C@@H](CO)CN1c1cc(S(=O)(=O)NC2(C)CC2)cn2c(-c3nnc(C(F)F)o3)ncc12. The van der Waals surface area contributed by atoms with Gasteiger partial charge in [0.1, 0.15) is 4.90 Å². The molecule has 3 aromatic heterocycles. The molecule has 1 aliphatic carbocycles. The summed E-state index contributed by atoms with van der Waals surface area (Å²) in [7, 11) is -3.92. The van der Waals surface area contributed by atoms with Gasteiger partial charge in [-0.05, 0) is 32.8 Å². The number of anilines is 1. The van der Waals surface area contributed by atoms with Crippen molar-refractivity contribution >= 4 is 21.2 Å². The summed E-state index contributed by atoms with van der Waals surface area (Å²) < 4.78 is 67.3. The molecular formula is C20H24F2N6O5S. The number of pyridine rings is 1. The molecule has 0 aromatic carbocycles. The van der Waals surface area contributed by atoms with E-state index in [2.05, 4.69) is 19.9 Å². The van der Waals surface area contributed by atoms with Crippen LogP contribution < -0.4 is 9.62 Å². The number of fused-ring (bicyclic) bond motifs is 1. The van der Waals surface area contributed by atoms with E-state index in [4.69, 9.17) is 9.15 Å². The van der Waals surface area contributed by atoms with E-state index in [0.29, 0.717) is 24.4 Å². The van der Waals surface area contributed by atoms with Crippen molar-refractivity contribution in [3.63, 3.8) is 0 Å². The number of nitrogens with one attached hydrogen (secondary N) is 1. The minimum Gasteiger partial charge on any atom is -0.412 e. The standard InChI is InChI=1S/C20H24F2N6O5S/c1-11-10-32-12(9-29)7-27(11)14-5-13(34(30,31)26-20(2)3-4-20)8-28-15(14)6-23-17(28)19-25-24-18(33-19)16(21)22/h5-6,8,11-12,16,26,29H,3-4,7,9-10H2,1-2H3/t11-,12+/m0/s1. The smallest absolute Gasteiger partial charge is 0.314 e. The highest BCUT2D eigenvalue weighted by molar-refractivity contribution is 7.89. The first-order valence-corrected chi connectivity index (χ1v) is 12.2. The van der Waals surface area contributed by atoms with Crippen LogP contribution in [0, 0.1) is 0 Å². The van der Waals surface area contributed by atoms with E-state index in [1.54, 1.807) is 6.07 Å². The molecule has 34 heavy (non-hydrogen) atoms. The minimum atomic E-state index is -3.92. The molecule has 3 aromatic rings. The highest BCUT2D eigenvalue weighted by Crippen LogP contribution is 2.37. The molecule has 0 amide bonds. The number of aliphatic hydroxyl groups excluding tert-OH is 1. The van der Waals surface area contributed by atoms with Gasteiger partial charge in [0.05, 0.1) is 36.7 Å².